The number of ether oxygens (including phenoxy) is 1. The summed E-state index contributed by atoms with van der Waals surface area (Å²) >= 11 is 0. The number of carbonyl (C=O) groups excluding carboxylic acids is 1. The van der Waals surface area contributed by atoms with Crippen LogP contribution in [0.2, 0.25) is 0 Å². The first-order chi connectivity index (χ1) is 11.0. The molecule has 0 unspecified atom stereocenters. The van der Waals surface area contributed by atoms with Gasteiger partial charge >= 0.3 is 0 Å². The summed E-state index contributed by atoms with van der Waals surface area (Å²) in [5.74, 6) is 0.892. The lowest BCUT2D eigenvalue weighted by Gasteiger charge is -2.26. The molecule has 0 atom stereocenters. The zero-order chi connectivity index (χ0) is 16.7. The second-order valence-electron chi connectivity index (χ2n) is 5.53. The van der Waals surface area contributed by atoms with Crippen molar-refractivity contribution in [3.63, 3.8) is 0 Å². The van der Waals surface area contributed by atoms with Crippen LogP contribution in [0.25, 0.3) is 0 Å². The van der Waals surface area contributed by atoms with E-state index < -0.39 is 10.0 Å². The lowest BCUT2D eigenvalue weighted by Crippen LogP contribution is -2.42. The number of rotatable bonds is 7. The highest BCUT2D eigenvalue weighted by atomic mass is 32.2. The van der Waals surface area contributed by atoms with Gasteiger partial charge in [0.15, 0.2) is 0 Å². The van der Waals surface area contributed by atoms with E-state index in [1.165, 1.54) is 4.31 Å². The number of benzene rings is 1. The van der Waals surface area contributed by atoms with Crippen LogP contribution >= 0.6 is 0 Å². The highest BCUT2D eigenvalue weighted by molar-refractivity contribution is 7.89. The third kappa shape index (κ3) is 5.51. The summed E-state index contributed by atoms with van der Waals surface area (Å²) in [6, 6.07) is 7.40. The maximum Gasteiger partial charge on any atom is 0.224 e. The Balaban J connectivity index is 1.74. The fourth-order valence-electron chi connectivity index (χ4n) is 2.53. The van der Waals surface area contributed by atoms with Gasteiger partial charge < -0.3 is 10.1 Å². The summed E-state index contributed by atoms with van der Waals surface area (Å²) in [4.78, 5) is 11.9. The minimum Gasteiger partial charge on any atom is -0.494 e. The van der Waals surface area contributed by atoms with Crippen molar-refractivity contribution in [1.82, 2.24) is 9.62 Å². The molecular weight excluding hydrogens is 316 g/mol. The number of nitrogens with one attached hydrogen (secondary N) is 1. The highest BCUT2D eigenvalue weighted by Crippen LogP contribution is 2.13. The van der Waals surface area contributed by atoms with E-state index in [2.05, 4.69) is 5.32 Å². The maximum absolute atomic E-state index is 11.9. The molecule has 1 aromatic carbocycles. The van der Waals surface area contributed by atoms with E-state index in [-0.39, 0.29) is 18.1 Å². The number of sulfonamides is 1. The average Bonchev–Trinajstić information content (AvgIpc) is 2.51. The summed E-state index contributed by atoms with van der Waals surface area (Å²) in [5, 5.41) is 2.78. The quantitative estimate of drug-likeness (QED) is 0.808. The van der Waals surface area contributed by atoms with Gasteiger partial charge in [0.05, 0.1) is 18.8 Å². The molecule has 1 aliphatic heterocycles. The Kier molecular flexibility index (Phi) is 6.41. The van der Waals surface area contributed by atoms with Crippen LogP contribution in [-0.2, 0) is 21.2 Å². The standard InChI is InChI=1S/C16H24N2O4S/c1-2-22-15-7-5-14(6-8-15)13-16(19)17-9-11-18-10-3-4-12-23(18,20)21/h5-8H,2-4,9-13H2,1H3,(H,17,19). The van der Waals surface area contributed by atoms with Crippen LogP contribution in [0.5, 0.6) is 5.75 Å². The molecular formula is C16H24N2O4S. The van der Waals surface area contributed by atoms with Gasteiger partial charge in [0.1, 0.15) is 5.75 Å². The summed E-state index contributed by atoms with van der Waals surface area (Å²) < 4.78 is 30.5. The van der Waals surface area contributed by atoms with Crippen LogP contribution < -0.4 is 10.1 Å². The van der Waals surface area contributed by atoms with Gasteiger partial charge in [-0.05, 0) is 37.5 Å². The molecule has 23 heavy (non-hydrogen) atoms. The van der Waals surface area contributed by atoms with Crippen molar-refractivity contribution in [2.24, 2.45) is 0 Å². The smallest absolute Gasteiger partial charge is 0.224 e. The molecule has 0 aromatic heterocycles. The van der Waals surface area contributed by atoms with E-state index in [4.69, 9.17) is 4.74 Å². The minimum absolute atomic E-state index is 0.108. The van der Waals surface area contributed by atoms with Crippen LogP contribution in [-0.4, -0.2) is 50.6 Å². The molecule has 1 saturated heterocycles. The number of nitrogens with zero attached hydrogens (tertiary/aromatic N) is 1. The van der Waals surface area contributed by atoms with Crippen molar-refractivity contribution < 1.29 is 17.9 Å². The van der Waals surface area contributed by atoms with Gasteiger partial charge in [0.25, 0.3) is 0 Å². The largest absolute Gasteiger partial charge is 0.494 e. The first-order valence-corrected chi connectivity index (χ1v) is 9.58. The molecule has 1 aliphatic rings. The molecule has 0 spiro atoms. The second kappa shape index (κ2) is 8.31. The Morgan fingerprint density at radius 2 is 2.00 bits per heavy atom. The molecule has 1 heterocycles. The molecule has 0 saturated carbocycles. The van der Waals surface area contributed by atoms with Crippen molar-refractivity contribution >= 4 is 15.9 Å². The second-order valence-corrected chi connectivity index (χ2v) is 7.61. The fraction of sp³-hybridized carbons (Fsp3) is 0.562. The van der Waals surface area contributed by atoms with E-state index >= 15 is 0 Å². The SMILES string of the molecule is CCOc1ccc(CC(=O)NCCN2CCCCS2(=O)=O)cc1. The van der Waals surface area contributed by atoms with Gasteiger partial charge in [-0.15, -0.1) is 0 Å². The third-order valence-electron chi connectivity index (χ3n) is 3.74. The zero-order valence-corrected chi connectivity index (χ0v) is 14.3. The lowest BCUT2D eigenvalue weighted by molar-refractivity contribution is -0.120. The Morgan fingerprint density at radius 1 is 1.26 bits per heavy atom. The highest BCUT2D eigenvalue weighted by Gasteiger charge is 2.25. The normalized spacial score (nSPS) is 17.6. The monoisotopic (exact) mass is 340 g/mol. The van der Waals surface area contributed by atoms with Gasteiger partial charge in [-0.25, -0.2) is 12.7 Å². The van der Waals surface area contributed by atoms with E-state index in [0.717, 1.165) is 24.2 Å². The summed E-state index contributed by atoms with van der Waals surface area (Å²) in [5.41, 5.74) is 0.900. The average molecular weight is 340 g/mol. The molecule has 7 heteroatoms. The van der Waals surface area contributed by atoms with E-state index in [0.29, 0.717) is 26.2 Å². The first kappa shape index (κ1) is 17.7. The molecule has 1 fully saturated rings. The molecule has 0 bridgehead atoms. The number of carbonyl (C=O) groups is 1. The van der Waals surface area contributed by atoms with E-state index in [9.17, 15) is 13.2 Å². The first-order valence-electron chi connectivity index (χ1n) is 7.97. The predicted molar refractivity (Wildman–Crippen MR) is 88.9 cm³/mol. The number of hydrogen-bond acceptors (Lipinski definition) is 4. The molecule has 1 amide bonds. The fourth-order valence-corrected chi connectivity index (χ4v) is 4.13. The van der Waals surface area contributed by atoms with Gasteiger partial charge in [0, 0.05) is 19.6 Å². The van der Waals surface area contributed by atoms with Crippen molar-refractivity contribution in [3.05, 3.63) is 29.8 Å². The van der Waals surface area contributed by atoms with Crippen molar-refractivity contribution in [2.75, 3.05) is 32.0 Å². The Morgan fingerprint density at radius 3 is 2.65 bits per heavy atom. The van der Waals surface area contributed by atoms with Gasteiger partial charge in [-0.3, -0.25) is 4.79 Å². The van der Waals surface area contributed by atoms with Crippen LogP contribution in [0.15, 0.2) is 24.3 Å². The molecule has 0 radical (unpaired) electrons. The summed E-state index contributed by atoms with van der Waals surface area (Å²) in [6.45, 7) is 3.77. The Hall–Kier alpha value is -1.60. The minimum atomic E-state index is -3.12. The molecule has 2 rings (SSSR count). The molecule has 1 aromatic rings. The maximum atomic E-state index is 11.9. The molecule has 0 aliphatic carbocycles. The van der Waals surface area contributed by atoms with Gasteiger partial charge in [0.2, 0.25) is 15.9 Å². The van der Waals surface area contributed by atoms with E-state index in [1.54, 1.807) is 0 Å². The van der Waals surface area contributed by atoms with Crippen LogP contribution in [0.3, 0.4) is 0 Å². The Bertz CT molecular complexity index is 613. The topological polar surface area (TPSA) is 75.7 Å². The lowest BCUT2D eigenvalue weighted by atomic mass is 10.1. The van der Waals surface area contributed by atoms with Crippen molar-refractivity contribution in [2.45, 2.75) is 26.2 Å². The summed E-state index contributed by atoms with van der Waals surface area (Å²) in [7, 11) is -3.12. The third-order valence-corrected chi connectivity index (χ3v) is 5.69. The molecule has 1 N–H and O–H groups in total. The van der Waals surface area contributed by atoms with Crippen LogP contribution in [0, 0.1) is 0 Å². The molecule has 6 nitrogen and oxygen atoms in total. The summed E-state index contributed by atoms with van der Waals surface area (Å²) in [6.07, 6.45) is 1.89. The Labute approximate surface area is 137 Å². The van der Waals surface area contributed by atoms with Crippen molar-refractivity contribution in [1.29, 1.82) is 0 Å². The van der Waals surface area contributed by atoms with Crippen molar-refractivity contribution in [3.8, 4) is 5.75 Å². The molecule has 128 valence electrons. The van der Waals surface area contributed by atoms with Crippen LogP contribution in [0.4, 0.5) is 0 Å². The predicted octanol–water partition coefficient (Wildman–Crippen LogP) is 1.17. The van der Waals surface area contributed by atoms with Crippen LogP contribution in [0.1, 0.15) is 25.3 Å². The zero-order valence-electron chi connectivity index (χ0n) is 13.5. The van der Waals surface area contributed by atoms with Gasteiger partial charge in [-0.2, -0.15) is 0 Å². The van der Waals surface area contributed by atoms with Gasteiger partial charge in [-0.1, -0.05) is 12.1 Å². The van der Waals surface area contributed by atoms with E-state index in [1.807, 2.05) is 31.2 Å². The number of amides is 1. The number of hydrogen-bond donors (Lipinski definition) is 1.